The highest BCUT2D eigenvalue weighted by Gasteiger charge is 2.29. The molecule has 0 saturated carbocycles. The van der Waals surface area contributed by atoms with Gasteiger partial charge in [0.05, 0.1) is 5.56 Å². The summed E-state index contributed by atoms with van der Waals surface area (Å²) in [6, 6.07) is 21.4. The lowest BCUT2D eigenvalue weighted by Crippen LogP contribution is -2.04. The third-order valence-electron chi connectivity index (χ3n) is 5.23. The van der Waals surface area contributed by atoms with Crippen LogP contribution in [0, 0.1) is 11.8 Å². The van der Waals surface area contributed by atoms with E-state index < -0.39 is 11.7 Å². The lowest BCUT2D eigenvalue weighted by Gasteiger charge is -2.11. The van der Waals surface area contributed by atoms with Gasteiger partial charge in [-0.3, -0.25) is 0 Å². The fourth-order valence-electron chi connectivity index (χ4n) is 3.52. The average molecular weight is 432 g/mol. The molecule has 4 aromatic carbocycles. The molecule has 32 heavy (non-hydrogen) atoms. The maximum absolute atomic E-state index is 12.7. The number of fused-ring (bicyclic) bond motifs is 1. The van der Waals surface area contributed by atoms with Crippen LogP contribution in [-0.4, -0.2) is 10.2 Å². The molecule has 0 fully saturated rings. The zero-order valence-electron chi connectivity index (χ0n) is 16.9. The van der Waals surface area contributed by atoms with Crippen LogP contribution in [0.3, 0.4) is 0 Å². The van der Waals surface area contributed by atoms with Gasteiger partial charge in [-0.25, -0.2) is 0 Å². The number of phenols is 2. The Morgan fingerprint density at radius 1 is 0.781 bits per heavy atom. The van der Waals surface area contributed by atoms with Gasteiger partial charge in [-0.05, 0) is 46.8 Å². The first-order valence-electron chi connectivity index (χ1n) is 9.98. The van der Waals surface area contributed by atoms with E-state index in [-0.39, 0.29) is 11.5 Å². The minimum atomic E-state index is -4.36. The Kier molecular flexibility index (Phi) is 5.79. The van der Waals surface area contributed by atoms with E-state index in [4.69, 9.17) is 0 Å². The number of aromatic hydroxyl groups is 2. The van der Waals surface area contributed by atoms with Gasteiger partial charge in [0.25, 0.3) is 0 Å². The SMILES string of the molecule is Oc1cc2ccc(C#CCc3ccc(C(F)(F)F)cc3)cc2c(O)c1Cc1ccccc1. The van der Waals surface area contributed by atoms with Crippen molar-refractivity contribution in [3.05, 3.63) is 107 Å². The first kappa shape index (κ1) is 21.3. The van der Waals surface area contributed by atoms with E-state index in [0.717, 1.165) is 17.7 Å². The first-order chi connectivity index (χ1) is 15.3. The monoisotopic (exact) mass is 432 g/mol. The Hall–Kier alpha value is -3.91. The first-order valence-corrected chi connectivity index (χ1v) is 9.98. The lowest BCUT2D eigenvalue weighted by atomic mass is 9.97. The van der Waals surface area contributed by atoms with Crippen LogP contribution in [0.1, 0.15) is 27.8 Å². The summed E-state index contributed by atoms with van der Waals surface area (Å²) in [4.78, 5) is 0. The molecule has 4 aromatic rings. The van der Waals surface area contributed by atoms with Gasteiger partial charge in [0.2, 0.25) is 0 Å². The molecule has 0 atom stereocenters. The van der Waals surface area contributed by atoms with Crippen LogP contribution in [0.15, 0.2) is 78.9 Å². The van der Waals surface area contributed by atoms with Crippen LogP contribution in [0.5, 0.6) is 11.5 Å². The van der Waals surface area contributed by atoms with Gasteiger partial charge in [0.1, 0.15) is 11.5 Å². The number of hydrogen-bond acceptors (Lipinski definition) is 2. The second kappa shape index (κ2) is 8.68. The van der Waals surface area contributed by atoms with Crippen molar-refractivity contribution < 1.29 is 23.4 Å². The van der Waals surface area contributed by atoms with E-state index in [1.54, 1.807) is 24.3 Å². The zero-order valence-corrected chi connectivity index (χ0v) is 16.9. The fourth-order valence-corrected chi connectivity index (χ4v) is 3.52. The summed E-state index contributed by atoms with van der Waals surface area (Å²) >= 11 is 0. The van der Waals surface area contributed by atoms with Crippen molar-refractivity contribution in [1.29, 1.82) is 0 Å². The fraction of sp³-hybridized carbons (Fsp3) is 0.111. The van der Waals surface area contributed by atoms with E-state index in [1.165, 1.54) is 12.1 Å². The molecule has 0 radical (unpaired) electrons. The van der Waals surface area contributed by atoms with Crippen molar-refractivity contribution in [3.8, 4) is 23.3 Å². The number of rotatable bonds is 3. The Balaban J connectivity index is 1.58. The van der Waals surface area contributed by atoms with Crippen molar-refractivity contribution in [2.45, 2.75) is 19.0 Å². The second-order valence-electron chi connectivity index (χ2n) is 7.49. The van der Waals surface area contributed by atoms with Gasteiger partial charge in [-0.2, -0.15) is 13.2 Å². The summed E-state index contributed by atoms with van der Waals surface area (Å²) in [7, 11) is 0. The van der Waals surface area contributed by atoms with Gasteiger partial charge in [-0.15, -0.1) is 0 Å². The molecule has 0 amide bonds. The number of phenolic OH excluding ortho intramolecular Hbond substituents is 2. The van der Waals surface area contributed by atoms with E-state index in [0.29, 0.717) is 40.3 Å². The van der Waals surface area contributed by atoms with Crippen molar-refractivity contribution in [2.75, 3.05) is 0 Å². The lowest BCUT2D eigenvalue weighted by molar-refractivity contribution is -0.137. The van der Waals surface area contributed by atoms with Gasteiger partial charge < -0.3 is 10.2 Å². The van der Waals surface area contributed by atoms with Crippen molar-refractivity contribution in [3.63, 3.8) is 0 Å². The van der Waals surface area contributed by atoms with Crippen molar-refractivity contribution in [2.24, 2.45) is 0 Å². The molecule has 0 heterocycles. The number of alkyl halides is 3. The Labute approximate surface area is 183 Å². The topological polar surface area (TPSA) is 40.5 Å². The smallest absolute Gasteiger partial charge is 0.416 e. The minimum Gasteiger partial charge on any atom is -0.507 e. The van der Waals surface area contributed by atoms with Crippen LogP contribution in [-0.2, 0) is 19.0 Å². The summed E-state index contributed by atoms with van der Waals surface area (Å²) in [6.45, 7) is 0. The van der Waals surface area contributed by atoms with Gasteiger partial charge in [0.15, 0.2) is 0 Å². The largest absolute Gasteiger partial charge is 0.507 e. The molecule has 160 valence electrons. The molecule has 4 rings (SSSR count). The van der Waals surface area contributed by atoms with E-state index in [9.17, 15) is 23.4 Å². The summed E-state index contributed by atoms with van der Waals surface area (Å²) in [5, 5.41) is 22.5. The standard InChI is InChI=1S/C27H19F3O2/c28-27(29,30)22-13-10-18(11-14-22)7-4-8-20-9-12-21-17-25(31)24(26(32)23(21)15-20)16-19-5-2-1-3-6-19/h1-3,5-6,9-15,17,31-32H,7,16H2. The van der Waals surface area contributed by atoms with E-state index in [1.807, 2.05) is 30.3 Å². The number of benzene rings is 4. The van der Waals surface area contributed by atoms with E-state index in [2.05, 4.69) is 11.8 Å². The van der Waals surface area contributed by atoms with Gasteiger partial charge >= 0.3 is 6.18 Å². The summed E-state index contributed by atoms with van der Waals surface area (Å²) in [5.41, 5.74) is 2.07. The molecule has 0 aromatic heterocycles. The molecule has 0 unspecified atom stereocenters. The Bertz CT molecular complexity index is 1310. The van der Waals surface area contributed by atoms with Crippen LogP contribution in [0.2, 0.25) is 0 Å². The highest BCUT2D eigenvalue weighted by Crippen LogP contribution is 2.37. The van der Waals surface area contributed by atoms with Gasteiger partial charge in [-0.1, -0.05) is 60.4 Å². The molecular weight excluding hydrogens is 413 g/mol. The van der Waals surface area contributed by atoms with E-state index >= 15 is 0 Å². The molecule has 0 saturated heterocycles. The molecule has 2 nitrogen and oxygen atoms in total. The van der Waals surface area contributed by atoms with Crippen molar-refractivity contribution in [1.82, 2.24) is 0 Å². The number of halogens is 3. The Morgan fingerprint density at radius 2 is 1.50 bits per heavy atom. The maximum Gasteiger partial charge on any atom is 0.416 e. The van der Waals surface area contributed by atoms with Crippen molar-refractivity contribution >= 4 is 10.8 Å². The predicted octanol–water partition coefficient (Wildman–Crippen LogP) is 6.45. The maximum atomic E-state index is 12.7. The highest BCUT2D eigenvalue weighted by molar-refractivity contribution is 5.92. The molecule has 2 N–H and O–H groups in total. The summed E-state index contributed by atoms with van der Waals surface area (Å²) in [5.74, 6) is 6.00. The molecule has 0 spiro atoms. The summed E-state index contributed by atoms with van der Waals surface area (Å²) in [6.07, 6.45) is -3.67. The normalized spacial score (nSPS) is 11.2. The third kappa shape index (κ3) is 4.70. The molecule has 0 aliphatic heterocycles. The molecule has 0 aliphatic rings. The molecule has 0 aliphatic carbocycles. The van der Waals surface area contributed by atoms with Crippen LogP contribution < -0.4 is 0 Å². The Morgan fingerprint density at radius 3 is 2.19 bits per heavy atom. The number of hydrogen-bond donors (Lipinski definition) is 2. The second-order valence-corrected chi connectivity index (χ2v) is 7.49. The highest BCUT2D eigenvalue weighted by atomic mass is 19.4. The third-order valence-corrected chi connectivity index (χ3v) is 5.23. The average Bonchev–Trinajstić information content (AvgIpc) is 2.77. The van der Waals surface area contributed by atoms with Crippen LogP contribution >= 0.6 is 0 Å². The minimum absolute atomic E-state index is 0.00948. The van der Waals surface area contributed by atoms with Crippen LogP contribution in [0.4, 0.5) is 13.2 Å². The van der Waals surface area contributed by atoms with Crippen LogP contribution in [0.25, 0.3) is 10.8 Å². The molecule has 0 bridgehead atoms. The molecular formula is C27H19F3O2. The van der Waals surface area contributed by atoms with Gasteiger partial charge in [0, 0.05) is 29.4 Å². The molecule has 5 heteroatoms. The predicted molar refractivity (Wildman–Crippen MR) is 119 cm³/mol. The summed E-state index contributed by atoms with van der Waals surface area (Å²) < 4.78 is 38.0. The quantitative estimate of drug-likeness (QED) is 0.365. The zero-order chi connectivity index (χ0) is 22.7.